The number of aromatic nitrogens is 1. The van der Waals surface area contributed by atoms with Gasteiger partial charge in [-0.3, -0.25) is 4.79 Å². The minimum Gasteiger partial charge on any atom is -0.328 e. The average molecular weight is 370 g/mol. The summed E-state index contributed by atoms with van der Waals surface area (Å²) >= 11 is 1.46. The fourth-order valence-electron chi connectivity index (χ4n) is 2.89. The quantitative estimate of drug-likeness (QED) is 0.902. The van der Waals surface area contributed by atoms with Crippen molar-refractivity contribution in [3.8, 4) is 0 Å². The Hall–Kier alpha value is -1.50. The Balaban J connectivity index is 0.00000208. The van der Waals surface area contributed by atoms with Crippen LogP contribution in [0.5, 0.6) is 0 Å². The summed E-state index contributed by atoms with van der Waals surface area (Å²) in [4.78, 5) is 20.0. The highest BCUT2D eigenvalue weighted by molar-refractivity contribution is 7.13. The fourth-order valence-corrected chi connectivity index (χ4v) is 3.85. The van der Waals surface area contributed by atoms with Crippen LogP contribution in [0.3, 0.4) is 0 Å². The molecule has 1 aliphatic heterocycles. The topological polar surface area (TPSA) is 45.2 Å². The second-order valence-corrected chi connectivity index (χ2v) is 6.73. The number of amides is 1. The average Bonchev–Trinajstić information content (AvgIpc) is 2.95. The van der Waals surface area contributed by atoms with E-state index >= 15 is 0 Å². The lowest BCUT2D eigenvalue weighted by molar-refractivity contribution is 0.0638. The first kappa shape index (κ1) is 18.8. The number of piperazine rings is 1. The Bertz CT molecular complexity index is 722. The molecule has 1 fully saturated rings. The first-order valence-corrected chi connectivity index (χ1v) is 8.65. The maximum atomic E-state index is 13.6. The predicted molar refractivity (Wildman–Crippen MR) is 96.5 cm³/mol. The summed E-state index contributed by atoms with van der Waals surface area (Å²) in [6, 6.07) is 6.34. The van der Waals surface area contributed by atoms with Gasteiger partial charge in [-0.2, -0.15) is 0 Å². The summed E-state index contributed by atoms with van der Waals surface area (Å²) in [6.45, 7) is 5.90. The van der Waals surface area contributed by atoms with Crippen LogP contribution in [0.2, 0.25) is 0 Å². The van der Waals surface area contributed by atoms with Crippen LogP contribution in [0, 0.1) is 12.7 Å². The zero-order chi connectivity index (χ0) is 16.4. The summed E-state index contributed by atoms with van der Waals surface area (Å²) in [5.41, 5.74) is 1.61. The SMILES string of the molecule is CCc1nc(C)c(C(=O)N2CCNCC2c2cccc(F)c2)s1.Cl. The third-order valence-electron chi connectivity index (χ3n) is 4.08. The lowest BCUT2D eigenvalue weighted by Gasteiger charge is -2.36. The van der Waals surface area contributed by atoms with Gasteiger partial charge in [-0.25, -0.2) is 9.37 Å². The lowest BCUT2D eigenvalue weighted by Crippen LogP contribution is -2.48. The van der Waals surface area contributed by atoms with Crippen molar-refractivity contribution in [1.29, 1.82) is 0 Å². The van der Waals surface area contributed by atoms with Crippen LogP contribution in [-0.4, -0.2) is 35.4 Å². The molecule has 2 aromatic rings. The summed E-state index contributed by atoms with van der Waals surface area (Å²) < 4.78 is 13.6. The van der Waals surface area contributed by atoms with Gasteiger partial charge in [-0.1, -0.05) is 19.1 Å². The van der Waals surface area contributed by atoms with Gasteiger partial charge in [0.25, 0.3) is 5.91 Å². The van der Waals surface area contributed by atoms with E-state index in [-0.39, 0.29) is 30.2 Å². The maximum absolute atomic E-state index is 13.6. The molecule has 130 valence electrons. The Kier molecular flexibility index (Phi) is 6.32. The molecule has 1 amide bonds. The Morgan fingerprint density at radius 3 is 2.96 bits per heavy atom. The Morgan fingerprint density at radius 1 is 1.50 bits per heavy atom. The first-order chi connectivity index (χ1) is 11.1. The summed E-state index contributed by atoms with van der Waals surface area (Å²) in [5.74, 6) is -0.279. The van der Waals surface area contributed by atoms with Gasteiger partial charge in [0, 0.05) is 19.6 Å². The largest absolute Gasteiger partial charge is 0.328 e. The van der Waals surface area contributed by atoms with E-state index in [2.05, 4.69) is 10.3 Å². The molecule has 4 nitrogen and oxygen atoms in total. The molecule has 1 aromatic carbocycles. The third kappa shape index (κ3) is 3.77. The van der Waals surface area contributed by atoms with Crippen LogP contribution in [0.25, 0.3) is 0 Å². The predicted octanol–water partition coefficient (Wildman–Crippen LogP) is 3.36. The molecule has 0 spiro atoms. The second kappa shape index (κ2) is 8.05. The molecule has 0 bridgehead atoms. The molecular formula is C17H21ClFN3OS. The van der Waals surface area contributed by atoms with Crippen molar-refractivity contribution < 1.29 is 9.18 Å². The number of carbonyl (C=O) groups is 1. The molecule has 0 radical (unpaired) electrons. The number of thiazole rings is 1. The molecule has 0 saturated carbocycles. The molecule has 1 atom stereocenters. The van der Waals surface area contributed by atoms with Gasteiger partial charge in [0.05, 0.1) is 16.7 Å². The van der Waals surface area contributed by atoms with E-state index in [9.17, 15) is 9.18 Å². The number of rotatable bonds is 3. The molecule has 7 heteroatoms. The van der Waals surface area contributed by atoms with Crippen LogP contribution in [0.1, 0.15) is 38.9 Å². The molecule has 1 unspecified atom stereocenters. The number of halogens is 2. The van der Waals surface area contributed by atoms with Crippen LogP contribution < -0.4 is 5.32 Å². The van der Waals surface area contributed by atoms with Crippen molar-refractivity contribution in [2.75, 3.05) is 19.6 Å². The van der Waals surface area contributed by atoms with Crippen LogP contribution in [0.15, 0.2) is 24.3 Å². The van der Waals surface area contributed by atoms with E-state index in [1.807, 2.05) is 24.8 Å². The van der Waals surface area contributed by atoms with Gasteiger partial charge in [0.1, 0.15) is 10.7 Å². The molecule has 24 heavy (non-hydrogen) atoms. The number of benzene rings is 1. The van der Waals surface area contributed by atoms with Gasteiger partial charge in [-0.15, -0.1) is 23.7 Å². The van der Waals surface area contributed by atoms with Crippen LogP contribution >= 0.6 is 23.7 Å². The van der Waals surface area contributed by atoms with Gasteiger partial charge in [0.15, 0.2) is 0 Å². The smallest absolute Gasteiger partial charge is 0.266 e. The van der Waals surface area contributed by atoms with Gasteiger partial charge in [0.2, 0.25) is 0 Å². The standard InChI is InChI=1S/C17H20FN3OS.ClH/c1-3-15-20-11(2)16(23-15)17(22)21-8-7-19-10-14(21)12-5-4-6-13(18)9-12;/h4-6,9,14,19H,3,7-8,10H2,1-2H3;1H. The molecule has 1 saturated heterocycles. The van der Waals surface area contributed by atoms with Crippen LogP contribution in [0.4, 0.5) is 4.39 Å². The highest BCUT2D eigenvalue weighted by Gasteiger charge is 2.30. The van der Waals surface area contributed by atoms with Crippen LogP contribution in [-0.2, 0) is 6.42 Å². The number of hydrogen-bond donors (Lipinski definition) is 1. The highest BCUT2D eigenvalue weighted by Crippen LogP contribution is 2.28. The highest BCUT2D eigenvalue weighted by atomic mass is 35.5. The Morgan fingerprint density at radius 2 is 2.29 bits per heavy atom. The van der Waals surface area contributed by atoms with Gasteiger partial charge >= 0.3 is 0 Å². The Labute approximate surface area is 151 Å². The number of nitrogens with one attached hydrogen (secondary N) is 1. The minimum atomic E-state index is -0.275. The minimum absolute atomic E-state index is 0. The van der Waals surface area contributed by atoms with Crippen molar-refractivity contribution in [2.24, 2.45) is 0 Å². The molecule has 3 rings (SSSR count). The zero-order valence-corrected chi connectivity index (χ0v) is 15.3. The third-order valence-corrected chi connectivity index (χ3v) is 5.37. The number of hydrogen-bond acceptors (Lipinski definition) is 4. The summed E-state index contributed by atoms with van der Waals surface area (Å²) in [5, 5.41) is 4.27. The summed E-state index contributed by atoms with van der Waals surface area (Å²) in [6.07, 6.45) is 0.827. The molecule has 1 aromatic heterocycles. The molecule has 0 aliphatic carbocycles. The summed E-state index contributed by atoms with van der Waals surface area (Å²) in [7, 11) is 0. The molecule has 1 N–H and O–H groups in total. The van der Waals surface area contributed by atoms with E-state index in [0.717, 1.165) is 29.2 Å². The number of carbonyl (C=O) groups excluding carboxylic acids is 1. The van der Waals surface area contributed by atoms with Crippen molar-refractivity contribution in [1.82, 2.24) is 15.2 Å². The van der Waals surface area contributed by atoms with E-state index < -0.39 is 0 Å². The fraction of sp³-hybridized carbons (Fsp3) is 0.412. The van der Waals surface area contributed by atoms with Crippen molar-refractivity contribution >= 4 is 29.7 Å². The number of aryl methyl sites for hydroxylation is 2. The second-order valence-electron chi connectivity index (χ2n) is 5.65. The number of nitrogens with zero attached hydrogens (tertiary/aromatic N) is 2. The van der Waals surface area contributed by atoms with Crippen molar-refractivity contribution in [2.45, 2.75) is 26.3 Å². The van der Waals surface area contributed by atoms with Gasteiger partial charge < -0.3 is 10.2 Å². The first-order valence-electron chi connectivity index (χ1n) is 7.83. The van der Waals surface area contributed by atoms with E-state index in [1.54, 1.807) is 6.07 Å². The molecule has 2 heterocycles. The normalized spacial score (nSPS) is 17.5. The zero-order valence-electron chi connectivity index (χ0n) is 13.7. The van der Waals surface area contributed by atoms with Gasteiger partial charge in [-0.05, 0) is 31.0 Å². The van der Waals surface area contributed by atoms with Crippen molar-refractivity contribution in [3.05, 3.63) is 51.2 Å². The monoisotopic (exact) mass is 369 g/mol. The lowest BCUT2D eigenvalue weighted by atomic mass is 10.0. The van der Waals surface area contributed by atoms with Crippen molar-refractivity contribution in [3.63, 3.8) is 0 Å². The van der Waals surface area contributed by atoms with E-state index in [0.29, 0.717) is 18.0 Å². The van der Waals surface area contributed by atoms with E-state index in [4.69, 9.17) is 0 Å². The van der Waals surface area contributed by atoms with E-state index in [1.165, 1.54) is 23.5 Å². The molecule has 1 aliphatic rings. The molecular weight excluding hydrogens is 349 g/mol. The maximum Gasteiger partial charge on any atom is 0.266 e.